The molecule has 1 N–H and O–H groups in total. The Labute approximate surface area is 106 Å². The molecule has 5 heteroatoms. The fraction of sp³-hybridized carbons (Fsp3) is 0.667. The summed E-state index contributed by atoms with van der Waals surface area (Å²) >= 11 is 6.05. The van der Waals surface area contributed by atoms with Crippen LogP contribution in [0, 0.1) is 0 Å². The van der Waals surface area contributed by atoms with Crippen molar-refractivity contribution in [1.29, 1.82) is 0 Å². The maximum Gasteiger partial charge on any atom is 0.135 e. The minimum absolute atomic E-state index is 0.150. The molecule has 1 aromatic heterocycles. The lowest BCUT2D eigenvalue weighted by Gasteiger charge is -2.22. The van der Waals surface area contributed by atoms with Gasteiger partial charge in [0, 0.05) is 24.6 Å². The van der Waals surface area contributed by atoms with Crippen molar-refractivity contribution < 1.29 is 5.11 Å². The number of hydrogen-bond acceptors (Lipinski definition) is 4. The first-order chi connectivity index (χ1) is 8.28. The van der Waals surface area contributed by atoms with Crippen LogP contribution < -0.4 is 4.90 Å². The monoisotopic (exact) mass is 253 g/mol. The summed E-state index contributed by atoms with van der Waals surface area (Å²) in [6.45, 7) is 0.777. The van der Waals surface area contributed by atoms with Crippen LogP contribution in [-0.2, 0) is 0 Å². The fourth-order valence-corrected chi connectivity index (χ4v) is 2.26. The Kier molecular flexibility index (Phi) is 2.92. The number of aliphatic hydroxyl groups is 1. The number of aromatic nitrogens is 2. The van der Waals surface area contributed by atoms with Gasteiger partial charge in [-0.2, -0.15) is 0 Å². The molecule has 2 aliphatic rings. The van der Waals surface area contributed by atoms with Gasteiger partial charge in [-0.25, -0.2) is 9.97 Å². The van der Waals surface area contributed by atoms with Crippen LogP contribution in [0.2, 0.25) is 5.15 Å². The molecule has 1 aromatic rings. The molecule has 0 saturated heterocycles. The number of halogens is 1. The average molecular weight is 254 g/mol. The first kappa shape index (κ1) is 11.2. The van der Waals surface area contributed by atoms with Crippen LogP contribution >= 0.6 is 11.6 Å². The van der Waals surface area contributed by atoms with E-state index in [1.54, 1.807) is 6.07 Å². The van der Waals surface area contributed by atoms with Crippen molar-refractivity contribution in [3.05, 3.63) is 17.0 Å². The Balaban J connectivity index is 1.88. The molecule has 0 unspecified atom stereocenters. The van der Waals surface area contributed by atoms with Crippen molar-refractivity contribution in [2.75, 3.05) is 18.1 Å². The number of aliphatic hydroxyl groups excluding tert-OH is 1. The molecule has 2 saturated carbocycles. The third-order valence-electron chi connectivity index (χ3n) is 3.26. The molecule has 92 valence electrons. The molecule has 0 radical (unpaired) electrons. The molecular formula is C12H16ClN3O. The number of nitrogens with zero attached hydrogens (tertiary/aromatic N) is 3. The molecule has 2 fully saturated rings. The molecule has 0 atom stereocenters. The molecule has 0 aromatic carbocycles. The van der Waals surface area contributed by atoms with Gasteiger partial charge in [-0.15, -0.1) is 0 Å². The van der Waals surface area contributed by atoms with Gasteiger partial charge in [0.1, 0.15) is 16.8 Å². The second-order valence-electron chi connectivity index (χ2n) is 4.83. The molecule has 0 amide bonds. The van der Waals surface area contributed by atoms with Gasteiger partial charge in [0.05, 0.1) is 6.61 Å². The van der Waals surface area contributed by atoms with Crippen LogP contribution in [0.3, 0.4) is 0 Å². The largest absolute Gasteiger partial charge is 0.395 e. The zero-order chi connectivity index (χ0) is 11.8. The van der Waals surface area contributed by atoms with Crippen molar-refractivity contribution in [2.24, 2.45) is 0 Å². The summed E-state index contributed by atoms with van der Waals surface area (Å²) in [5.41, 5.74) is 0. The molecule has 2 aliphatic carbocycles. The SMILES string of the molecule is OCCN(c1cc(Cl)nc(C2CC2)n1)C1CC1. The van der Waals surface area contributed by atoms with E-state index in [0.717, 1.165) is 11.6 Å². The molecule has 0 spiro atoms. The Hall–Kier alpha value is -0.870. The van der Waals surface area contributed by atoms with Gasteiger partial charge in [0.2, 0.25) is 0 Å². The maximum absolute atomic E-state index is 9.12. The van der Waals surface area contributed by atoms with Gasteiger partial charge in [-0.05, 0) is 25.7 Å². The topological polar surface area (TPSA) is 49.2 Å². The van der Waals surface area contributed by atoms with Crippen LogP contribution in [0.15, 0.2) is 6.07 Å². The van der Waals surface area contributed by atoms with Crippen molar-refractivity contribution in [3.63, 3.8) is 0 Å². The van der Waals surface area contributed by atoms with E-state index >= 15 is 0 Å². The van der Waals surface area contributed by atoms with Gasteiger partial charge in [0.15, 0.2) is 0 Å². The first-order valence-electron chi connectivity index (χ1n) is 6.20. The van der Waals surface area contributed by atoms with Crippen molar-refractivity contribution in [3.8, 4) is 0 Å². The standard InChI is InChI=1S/C12H16ClN3O/c13-10-7-11(15-12(14-10)8-1-2-8)16(5-6-17)9-3-4-9/h7-9,17H,1-6H2. The van der Waals surface area contributed by atoms with Crippen LogP contribution in [0.1, 0.15) is 37.4 Å². The number of rotatable bonds is 5. The summed E-state index contributed by atoms with van der Waals surface area (Å²) in [6.07, 6.45) is 4.70. The van der Waals surface area contributed by atoms with Gasteiger partial charge < -0.3 is 10.0 Å². The van der Waals surface area contributed by atoms with E-state index in [4.69, 9.17) is 16.7 Å². The van der Waals surface area contributed by atoms with Gasteiger partial charge >= 0.3 is 0 Å². The zero-order valence-electron chi connectivity index (χ0n) is 9.64. The van der Waals surface area contributed by atoms with Gasteiger partial charge in [-0.1, -0.05) is 11.6 Å². The van der Waals surface area contributed by atoms with E-state index in [2.05, 4.69) is 14.9 Å². The van der Waals surface area contributed by atoms with E-state index in [0.29, 0.717) is 23.7 Å². The molecule has 0 aliphatic heterocycles. The van der Waals surface area contributed by atoms with E-state index in [1.807, 2.05) is 0 Å². The van der Waals surface area contributed by atoms with Crippen LogP contribution in [0.4, 0.5) is 5.82 Å². The third-order valence-corrected chi connectivity index (χ3v) is 3.46. The Morgan fingerprint density at radius 2 is 2.06 bits per heavy atom. The normalized spacial score (nSPS) is 19.4. The summed E-state index contributed by atoms with van der Waals surface area (Å²) in [7, 11) is 0. The quantitative estimate of drug-likeness (QED) is 0.815. The molecule has 17 heavy (non-hydrogen) atoms. The summed E-state index contributed by atoms with van der Waals surface area (Å²) in [5.74, 6) is 2.25. The lowest BCUT2D eigenvalue weighted by Crippen LogP contribution is -2.30. The smallest absolute Gasteiger partial charge is 0.135 e. The van der Waals surface area contributed by atoms with Crippen LogP contribution in [-0.4, -0.2) is 34.3 Å². The van der Waals surface area contributed by atoms with E-state index in [9.17, 15) is 0 Å². The zero-order valence-corrected chi connectivity index (χ0v) is 10.4. The molecular weight excluding hydrogens is 238 g/mol. The average Bonchev–Trinajstić information content (AvgIpc) is 3.18. The summed E-state index contributed by atoms with van der Waals surface area (Å²) in [5, 5.41) is 9.63. The van der Waals surface area contributed by atoms with Gasteiger partial charge in [-0.3, -0.25) is 0 Å². The first-order valence-corrected chi connectivity index (χ1v) is 6.57. The van der Waals surface area contributed by atoms with E-state index in [1.165, 1.54) is 25.7 Å². The highest BCUT2D eigenvalue weighted by Crippen LogP contribution is 2.40. The predicted molar refractivity (Wildman–Crippen MR) is 66.5 cm³/mol. The Morgan fingerprint density at radius 3 is 2.65 bits per heavy atom. The molecule has 1 heterocycles. The lowest BCUT2D eigenvalue weighted by molar-refractivity contribution is 0.301. The predicted octanol–water partition coefficient (Wildman–Crippen LogP) is 1.97. The van der Waals surface area contributed by atoms with Crippen LogP contribution in [0.5, 0.6) is 0 Å². The van der Waals surface area contributed by atoms with Crippen molar-refractivity contribution in [1.82, 2.24) is 9.97 Å². The lowest BCUT2D eigenvalue weighted by atomic mass is 10.3. The Morgan fingerprint density at radius 1 is 1.29 bits per heavy atom. The minimum Gasteiger partial charge on any atom is -0.395 e. The van der Waals surface area contributed by atoms with Gasteiger partial charge in [0.25, 0.3) is 0 Å². The van der Waals surface area contributed by atoms with Crippen LogP contribution in [0.25, 0.3) is 0 Å². The maximum atomic E-state index is 9.12. The van der Waals surface area contributed by atoms with Crippen molar-refractivity contribution >= 4 is 17.4 Å². The van der Waals surface area contributed by atoms with E-state index in [-0.39, 0.29) is 6.61 Å². The fourth-order valence-electron chi connectivity index (χ4n) is 2.07. The number of anilines is 1. The minimum atomic E-state index is 0.150. The highest BCUT2D eigenvalue weighted by Gasteiger charge is 2.32. The van der Waals surface area contributed by atoms with Crippen molar-refractivity contribution in [2.45, 2.75) is 37.6 Å². The third kappa shape index (κ3) is 2.53. The Bertz CT molecular complexity index is 418. The number of hydrogen-bond donors (Lipinski definition) is 1. The molecule has 3 rings (SSSR count). The summed E-state index contributed by atoms with van der Waals surface area (Å²) < 4.78 is 0. The highest BCUT2D eigenvalue weighted by molar-refractivity contribution is 6.29. The highest BCUT2D eigenvalue weighted by atomic mass is 35.5. The second-order valence-corrected chi connectivity index (χ2v) is 5.22. The second kappa shape index (κ2) is 4.42. The molecule has 0 bridgehead atoms. The summed E-state index contributed by atoms with van der Waals surface area (Å²) in [6, 6.07) is 2.33. The van der Waals surface area contributed by atoms with E-state index < -0.39 is 0 Å². The molecule has 4 nitrogen and oxygen atoms in total. The summed E-state index contributed by atoms with van der Waals surface area (Å²) in [4.78, 5) is 11.0.